The monoisotopic (exact) mass is 269 g/mol. The summed E-state index contributed by atoms with van der Waals surface area (Å²) in [5, 5.41) is 4.02. The first-order valence-corrected chi connectivity index (χ1v) is 5.99. The van der Waals surface area contributed by atoms with Crippen LogP contribution in [0.1, 0.15) is 30.5 Å². The summed E-state index contributed by atoms with van der Waals surface area (Å²) in [6, 6.07) is 5.36. The van der Waals surface area contributed by atoms with Gasteiger partial charge in [-0.2, -0.15) is 18.3 Å². The zero-order valence-electron chi connectivity index (χ0n) is 10.4. The van der Waals surface area contributed by atoms with Crippen molar-refractivity contribution in [2.45, 2.75) is 32.0 Å². The van der Waals surface area contributed by atoms with Crippen molar-refractivity contribution in [2.24, 2.45) is 0 Å². The highest BCUT2D eigenvalue weighted by Crippen LogP contribution is 2.26. The molecule has 3 nitrogen and oxygen atoms in total. The van der Waals surface area contributed by atoms with Crippen LogP contribution < -0.4 is 0 Å². The Kier molecular flexibility index (Phi) is 3.87. The molecule has 0 N–H and O–H groups in total. The van der Waals surface area contributed by atoms with Crippen LogP contribution in [0.2, 0.25) is 0 Å². The van der Waals surface area contributed by atoms with E-state index in [0.717, 1.165) is 16.7 Å². The van der Waals surface area contributed by atoms with E-state index >= 15 is 0 Å². The van der Waals surface area contributed by atoms with Gasteiger partial charge in [0.1, 0.15) is 6.54 Å². The fourth-order valence-corrected chi connectivity index (χ4v) is 2.05. The van der Waals surface area contributed by atoms with Crippen LogP contribution in [0.3, 0.4) is 0 Å². The minimum atomic E-state index is -4.25. The summed E-state index contributed by atoms with van der Waals surface area (Å²) in [5.41, 5.74) is 1.66. The molecule has 0 unspecified atom stereocenters. The number of halogens is 3. The fourth-order valence-electron chi connectivity index (χ4n) is 2.05. The summed E-state index contributed by atoms with van der Waals surface area (Å²) in [5.74, 6) is -0.00233. The highest BCUT2D eigenvalue weighted by Gasteiger charge is 2.28. The lowest BCUT2D eigenvalue weighted by atomic mass is 9.94. The van der Waals surface area contributed by atoms with Crippen molar-refractivity contribution in [3.8, 4) is 0 Å². The Hall–Kier alpha value is -1.85. The van der Waals surface area contributed by atoms with E-state index in [1.165, 1.54) is 6.20 Å². The second-order valence-electron chi connectivity index (χ2n) is 4.29. The summed E-state index contributed by atoms with van der Waals surface area (Å²) in [6.45, 7) is 0.924. The van der Waals surface area contributed by atoms with Gasteiger partial charge >= 0.3 is 6.18 Å². The Morgan fingerprint density at radius 1 is 1.21 bits per heavy atom. The van der Waals surface area contributed by atoms with Crippen molar-refractivity contribution < 1.29 is 13.2 Å². The summed E-state index contributed by atoms with van der Waals surface area (Å²) < 4.78 is 37.8. The Morgan fingerprint density at radius 3 is 2.47 bits per heavy atom. The number of nitrogens with zero attached hydrogens (tertiary/aromatic N) is 3. The first-order valence-electron chi connectivity index (χ1n) is 5.99. The second kappa shape index (κ2) is 5.42. The molecule has 0 fully saturated rings. The highest BCUT2D eigenvalue weighted by molar-refractivity contribution is 5.25. The summed E-state index contributed by atoms with van der Waals surface area (Å²) in [4.78, 5) is 3.94. The molecule has 0 saturated heterocycles. The molecule has 0 aliphatic carbocycles. The number of hydrogen-bond donors (Lipinski definition) is 0. The molecule has 0 aliphatic rings. The smallest absolute Gasteiger partial charge is 0.265 e. The van der Waals surface area contributed by atoms with Crippen molar-refractivity contribution >= 4 is 0 Å². The molecule has 6 heteroatoms. The largest absolute Gasteiger partial charge is 0.408 e. The third-order valence-corrected chi connectivity index (χ3v) is 2.88. The third kappa shape index (κ3) is 3.56. The molecule has 1 atom stereocenters. The molecule has 2 aromatic rings. The van der Waals surface area contributed by atoms with E-state index in [2.05, 4.69) is 10.1 Å². The van der Waals surface area contributed by atoms with Gasteiger partial charge in [-0.05, 0) is 30.2 Å². The number of alkyl halides is 3. The van der Waals surface area contributed by atoms with E-state index in [9.17, 15) is 13.2 Å². The molecule has 0 amide bonds. The Bertz CT molecular complexity index is 519. The predicted octanol–water partition coefficient (Wildman–Crippen LogP) is 3.38. The van der Waals surface area contributed by atoms with E-state index < -0.39 is 12.7 Å². The van der Waals surface area contributed by atoms with Crippen LogP contribution in [-0.4, -0.2) is 20.9 Å². The van der Waals surface area contributed by atoms with Gasteiger partial charge in [0.15, 0.2) is 0 Å². The lowest BCUT2D eigenvalue weighted by molar-refractivity contribution is -0.142. The molecule has 0 spiro atoms. The Morgan fingerprint density at radius 2 is 1.89 bits per heavy atom. The topological polar surface area (TPSA) is 30.7 Å². The Balaban J connectivity index is 2.21. The van der Waals surface area contributed by atoms with Crippen LogP contribution in [0.15, 0.2) is 36.8 Å². The molecule has 102 valence electrons. The van der Waals surface area contributed by atoms with Crippen LogP contribution >= 0.6 is 0 Å². The average Bonchev–Trinajstić information content (AvgIpc) is 2.77. The molecule has 2 heterocycles. The van der Waals surface area contributed by atoms with E-state index in [1.54, 1.807) is 18.5 Å². The average molecular weight is 269 g/mol. The molecule has 0 aliphatic heterocycles. The summed E-state index contributed by atoms with van der Waals surface area (Å²) in [7, 11) is 0. The molecule has 19 heavy (non-hydrogen) atoms. The van der Waals surface area contributed by atoms with Crippen LogP contribution in [-0.2, 0) is 6.54 Å². The lowest BCUT2D eigenvalue weighted by Crippen LogP contribution is -2.18. The molecule has 0 saturated carbocycles. The van der Waals surface area contributed by atoms with Crippen LogP contribution in [0.4, 0.5) is 13.2 Å². The van der Waals surface area contributed by atoms with Crippen LogP contribution in [0.25, 0.3) is 0 Å². The maximum atomic E-state index is 12.3. The molecule has 0 bridgehead atoms. The van der Waals surface area contributed by atoms with Crippen LogP contribution in [0, 0.1) is 0 Å². The maximum Gasteiger partial charge on any atom is 0.408 e. The quantitative estimate of drug-likeness (QED) is 0.851. The van der Waals surface area contributed by atoms with Gasteiger partial charge in [-0.3, -0.25) is 9.67 Å². The Labute approximate surface area is 109 Å². The van der Waals surface area contributed by atoms with Gasteiger partial charge in [0.2, 0.25) is 0 Å². The van der Waals surface area contributed by atoms with Gasteiger partial charge in [-0.25, -0.2) is 0 Å². The van der Waals surface area contributed by atoms with Crippen molar-refractivity contribution in [1.82, 2.24) is 14.8 Å². The number of hydrogen-bond acceptors (Lipinski definition) is 2. The zero-order valence-corrected chi connectivity index (χ0v) is 10.4. The molecule has 2 rings (SSSR count). The molecular formula is C13H14F3N3. The molecule has 0 aromatic carbocycles. The predicted molar refractivity (Wildman–Crippen MR) is 64.7 cm³/mol. The highest BCUT2D eigenvalue weighted by atomic mass is 19.4. The van der Waals surface area contributed by atoms with E-state index in [4.69, 9.17) is 0 Å². The van der Waals surface area contributed by atoms with Crippen molar-refractivity contribution in [3.63, 3.8) is 0 Å². The minimum Gasteiger partial charge on any atom is -0.265 e. The van der Waals surface area contributed by atoms with E-state index in [1.807, 2.05) is 19.1 Å². The second-order valence-corrected chi connectivity index (χ2v) is 4.29. The molecular weight excluding hydrogens is 255 g/mol. The maximum absolute atomic E-state index is 12.3. The van der Waals surface area contributed by atoms with Crippen molar-refractivity contribution in [1.29, 1.82) is 0 Å². The SMILES string of the molecule is CC[C@H](c1ccncc1)c1ccn(CC(F)(F)F)n1. The van der Waals surface area contributed by atoms with Crippen LogP contribution in [0.5, 0.6) is 0 Å². The fraction of sp³-hybridized carbons (Fsp3) is 0.385. The first-order chi connectivity index (χ1) is 8.99. The van der Waals surface area contributed by atoms with E-state index in [-0.39, 0.29) is 5.92 Å². The van der Waals surface area contributed by atoms with Crippen molar-refractivity contribution in [3.05, 3.63) is 48.0 Å². The third-order valence-electron chi connectivity index (χ3n) is 2.88. The first kappa shape index (κ1) is 13.6. The van der Waals surface area contributed by atoms with Gasteiger partial charge < -0.3 is 0 Å². The van der Waals surface area contributed by atoms with Gasteiger partial charge in [0.05, 0.1) is 5.69 Å². The summed E-state index contributed by atoms with van der Waals surface area (Å²) >= 11 is 0. The number of rotatable bonds is 4. The standard InChI is InChI=1S/C13H14F3N3/c1-2-11(10-3-6-17-7-4-10)12-5-8-19(18-12)9-13(14,15)16/h3-8,11H,2,9H2,1H3/t11-/m1/s1. The molecule has 2 aromatic heterocycles. The number of aromatic nitrogens is 3. The lowest BCUT2D eigenvalue weighted by Gasteiger charge is -2.12. The van der Waals surface area contributed by atoms with E-state index in [0.29, 0.717) is 5.69 Å². The van der Waals surface area contributed by atoms with Gasteiger partial charge in [0.25, 0.3) is 0 Å². The normalized spacial score (nSPS) is 13.5. The zero-order chi connectivity index (χ0) is 13.9. The molecule has 0 radical (unpaired) electrons. The van der Waals surface area contributed by atoms with Gasteiger partial charge in [0, 0.05) is 24.5 Å². The van der Waals surface area contributed by atoms with Gasteiger partial charge in [-0.1, -0.05) is 6.92 Å². The minimum absolute atomic E-state index is 0.00233. The number of pyridine rings is 1. The summed E-state index contributed by atoms with van der Waals surface area (Å²) in [6.07, 6.45) is 1.23. The van der Waals surface area contributed by atoms with Crippen molar-refractivity contribution in [2.75, 3.05) is 0 Å². The van der Waals surface area contributed by atoms with Gasteiger partial charge in [-0.15, -0.1) is 0 Å².